The summed E-state index contributed by atoms with van der Waals surface area (Å²) < 4.78 is 0. The van der Waals surface area contributed by atoms with Gasteiger partial charge in [-0.2, -0.15) is 0 Å². The fraction of sp³-hybridized carbons (Fsp3) is 0.545. The van der Waals surface area contributed by atoms with Crippen molar-refractivity contribution in [3.05, 3.63) is 16.4 Å². The predicted octanol–water partition coefficient (Wildman–Crippen LogP) is -0.0953. The third-order valence-corrected chi connectivity index (χ3v) is 3.49. The molecule has 5 N–H and O–H groups in total. The number of nitrogens with two attached hydrogens (primary N) is 2. The maximum absolute atomic E-state index is 11.3. The van der Waals surface area contributed by atoms with E-state index in [-0.39, 0.29) is 29.9 Å². The predicted molar refractivity (Wildman–Crippen MR) is 75.3 cm³/mol. The highest BCUT2D eigenvalue weighted by molar-refractivity contribution is 5.81. The van der Waals surface area contributed by atoms with Crippen molar-refractivity contribution in [1.82, 2.24) is 9.97 Å². The lowest BCUT2D eigenvalue weighted by Crippen LogP contribution is -2.41. The van der Waals surface area contributed by atoms with Crippen LogP contribution in [-0.2, 0) is 4.79 Å². The molecule has 0 aliphatic heterocycles. The Balaban J connectivity index is 2.47. The van der Waals surface area contributed by atoms with Gasteiger partial charge in [-0.05, 0) is 12.8 Å². The van der Waals surface area contributed by atoms with Gasteiger partial charge in [0.25, 0.3) is 0 Å². The molecule has 21 heavy (non-hydrogen) atoms. The number of carbonyl (C=O) groups is 1. The third kappa shape index (κ3) is 3.16. The Labute approximate surface area is 120 Å². The Morgan fingerprint density at radius 3 is 2.67 bits per heavy atom. The number of aromatic nitrogens is 2. The number of nitrogens with one attached hydrogen (secondary N) is 1. The van der Waals surface area contributed by atoms with E-state index in [9.17, 15) is 14.9 Å². The highest BCUT2D eigenvalue weighted by Gasteiger charge is 2.32. The van der Waals surface area contributed by atoms with E-state index in [0.717, 1.165) is 25.7 Å². The molecule has 0 radical (unpaired) electrons. The summed E-state index contributed by atoms with van der Waals surface area (Å²) >= 11 is 0. The molecule has 0 aromatic carbocycles. The average molecular weight is 295 g/mol. The summed E-state index contributed by atoms with van der Waals surface area (Å²) in [5.74, 6) is 4.65. The van der Waals surface area contributed by atoms with Crippen LogP contribution < -0.4 is 21.9 Å². The first kappa shape index (κ1) is 14.9. The SMILES string of the molecule is NNc1ncnc(N(CC(N)=O)C2CCCC2)c1[N+](=O)[O-]. The molecule has 0 unspecified atom stereocenters. The van der Waals surface area contributed by atoms with E-state index in [2.05, 4.69) is 15.4 Å². The van der Waals surface area contributed by atoms with Crippen LogP contribution in [0.3, 0.4) is 0 Å². The van der Waals surface area contributed by atoms with E-state index < -0.39 is 10.8 Å². The van der Waals surface area contributed by atoms with E-state index >= 15 is 0 Å². The van der Waals surface area contributed by atoms with Gasteiger partial charge in [0.2, 0.25) is 17.5 Å². The highest BCUT2D eigenvalue weighted by atomic mass is 16.6. The summed E-state index contributed by atoms with van der Waals surface area (Å²) in [5.41, 5.74) is 7.09. The lowest BCUT2D eigenvalue weighted by molar-refractivity contribution is -0.383. The van der Waals surface area contributed by atoms with Gasteiger partial charge in [-0.25, -0.2) is 15.8 Å². The second-order valence-electron chi connectivity index (χ2n) is 4.83. The van der Waals surface area contributed by atoms with E-state index in [1.807, 2.05) is 0 Å². The second-order valence-corrected chi connectivity index (χ2v) is 4.83. The van der Waals surface area contributed by atoms with Gasteiger partial charge >= 0.3 is 5.69 Å². The van der Waals surface area contributed by atoms with E-state index in [1.165, 1.54) is 6.33 Å². The van der Waals surface area contributed by atoms with Gasteiger partial charge in [-0.3, -0.25) is 14.9 Å². The molecule has 1 fully saturated rings. The molecule has 0 spiro atoms. The Hall–Kier alpha value is -2.49. The van der Waals surface area contributed by atoms with Crippen LogP contribution in [0.15, 0.2) is 6.33 Å². The van der Waals surface area contributed by atoms with Gasteiger partial charge in [0, 0.05) is 6.04 Å². The molecule has 1 saturated carbocycles. The van der Waals surface area contributed by atoms with Crippen molar-refractivity contribution in [1.29, 1.82) is 0 Å². The van der Waals surface area contributed by atoms with Gasteiger partial charge < -0.3 is 16.1 Å². The zero-order valence-electron chi connectivity index (χ0n) is 11.4. The van der Waals surface area contributed by atoms with Crippen molar-refractivity contribution in [3.8, 4) is 0 Å². The smallest absolute Gasteiger partial charge is 0.354 e. The molecule has 1 aliphatic rings. The van der Waals surface area contributed by atoms with Gasteiger partial charge in [0.1, 0.15) is 6.33 Å². The summed E-state index contributed by atoms with van der Waals surface area (Å²) in [4.78, 5) is 31.3. The molecule has 0 bridgehead atoms. The molecule has 0 atom stereocenters. The summed E-state index contributed by atoms with van der Waals surface area (Å²) in [7, 11) is 0. The van der Waals surface area contributed by atoms with Crippen molar-refractivity contribution in [2.45, 2.75) is 31.7 Å². The van der Waals surface area contributed by atoms with E-state index in [0.29, 0.717) is 0 Å². The zero-order chi connectivity index (χ0) is 15.4. The molecule has 1 aromatic heterocycles. The first-order valence-corrected chi connectivity index (χ1v) is 6.55. The summed E-state index contributed by atoms with van der Waals surface area (Å²) in [5, 5.41) is 11.3. The Bertz CT molecular complexity index is 545. The van der Waals surface area contributed by atoms with Crippen molar-refractivity contribution in [3.63, 3.8) is 0 Å². The number of nitrogen functional groups attached to an aromatic ring is 1. The topological polar surface area (TPSA) is 153 Å². The molecule has 0 saturated heterocycles. The number of carbonyl (C=O) groups excluding carboxylic acids is 1. The van der Waals surface area contributed by atoms with Gasteiger partial charge in [-0.1, -0.05) is 12.8 Å². The monoisotopic (exact) mass is 295 g/mol. The lowest BCUT2D eigenvalue weighted by Gasteiger charge is -2.28. The Morgan fingerprint density at radius 1 is 1.48 bits per heavy atom. The average Bonchev–Trinajstić information content (AvgIpc) is 2.97. The molecule has 2 rings (SSSR count). The Morgan fingerprint density at radius 2 is 2.14 bits per heavy atom. The largest absolute Gasteiger partial charge is 0.368 e. The van der Waals surface area contributed by atoms with E-state index in [1.54, 1.807) is 4.90 Å². The van der Waals surface area contributed by atoms with Crippen LogP contribution in [0.25, 0.3) is 0 Å². The fourth-order valence-electron chi connectivity index (χ4n) is 2.61. The molecule has 114 valence electrons. The molecular weight excluding hydrogens is 278 g/mol. The molecule has 1 heterocycles. The Kier molecular flexibility index (Phi) is 4.48. The van der Waals surface area contributed by atoms with Crippen molar-refractivity contribution in [2.75, 3.05) is 16.9 Å². The summed E-state index contributed by atoms with van der Waals surface area (Å²) in [6.07, 6.45) is 4.84. The standard InChI is InChI=1S/C11H17N7O3/c12-8(19)5-17(7-3-1-2-4-7)11-9(18(20)21)10(16-13)14-6-15-11/h6-7H,1-5,13H2,(H2,12,19)(H,14,15,16). The minimum absolute atomic E-state index is 0.00303. The number of nitrogens with zero attached hydrogens (tertiary/aromatic N) is 4. The van der Waals surface area contributed by atoms with Crippen LogP contribution in [0.1, 0.15) is 25.7 Å². The second kappa shape index (κ2) is 6.31. The van der Waals surface area contributed by atoms with Crippen molar-refractivity contribution < 1.29 is 9.72 Å². The van der Waals surface area contributed by atoms with Crippen LogP contribution in [0.2, 0.25) is 0 Å². The van der Waals surface area contributed by atoms with Crippen LogP contribution in [0.5, 0.6) is 0 Å². The van der Waals surface area contributed by atoms with Crippen LogP contribution in [0.4, 0.5) is 17.3 Å². The molecule has 1 aliphatic carbocycles. The number of hydrazine groups is 1. The third-order valence-electron chi connectivity index (χ3n) is 3.49. The quantitative estimate of drug-likeness (QED) is 0.373. The van der Waals surface area contributed by atoms with Gasteiger partial charge in [0.05, 0.1) is 11.5 Å². The highest BCUT2D eigenvalue weighted by Crippen LogP contribution is 2.35. The number of anilines is 2. The van der Waals surface area contributed by atoms with Crippen molar-refractivity contribution in [2.24, 2.45) is 11.6 Å². The van der Waals surface area contributed by atoms with Crippen molar-refractivity contribution >= 4 is 23.2 Å². The first-order valence-electron chi connectivity index (χ1n) is 6.55. The number of primary amides is 1. The van der Waals surface area contributed by atoms with Crippen LogP contribution >= 0.6 is 0 Å². The molecule has 1 aromatic rings. The summed E-state index contributed by atoms with van der Waals surface area (Å²) in [6, 6.07) is -0.00303. The lowest BCUT2D eigenvalue weighted by atomic mass is 10.2. The number of hydrogen-bond donors (Lipinski definition) is 3. The minimum Gasteiger partial charge on any atom is -0.368 e. The molecule has 10 heteroatoms. The molecular formula is C11H17N7O3. The zero-order valence-corrected chi connectivity index (χ0v) is 11.4. The molecule has 1 amide bonds. The van der Waals surface area contributed by atoms with Gasteiger partial charge in [0.15, 0.2) is 0 Å². The number of rotatable bonds is 6. The summed E-state index contributed by atoms with van der Waals surface area (Å²) in [6.45, 7) is -0.132. The molecule has 10 nitrogen and oxygen atoms in total. The van der Waals surface area contributed by atoms with Gasteiger partial charge in [-0.15, -0.1) is 0 Å². The number of hydrogen-bond acceptors (Lipinski definition) is 8. The first-order chi connectivity index (χ1) is 10.0. The fourth-order valence-corrected chi connectivity index (χ4v) is 2.61. The maximum Gasteiger partial charge on any atom is 0.354 e. The number of nitro groups is 1. The number of amides is 1. The minimum atomic E-state index is -0.618. The normalized spacial score (nSPS) is 14.9. The van der Waals surface area contributed by atoms with Crippen LogP contribution in [-0.4, -0.2) is 33.4 Å². The van der Waals surface area contributed by atoms with Crippen LogP contribution in [0, 0.1) is 10.1 Å². The van der Waals surface area contributed by atoms with E-state index in [4.69, 9.17) is 11.6 Å². The maximum atomic E-state index is 11.3.